The lowest BCUT2D eigenvalue weighted by atomic mass is 10.2. The number of halogens is 3. The molecule has 0 aliphatic rings. The van der Waals surface area contributed by atoms with Gasteiger partial charge < -0.3 is 14.2 Å². The summed E-state index contributed by atoms with van der Waals surface area (Å²) in [5, 5.41) is 6.44. The van der Waals surface area contributed by atoms with Gasteiger partial charge in [0.25, 0.3) is 5.91 Å². The minimum atomic E-state index is -0.484. The van der Waals surface area contributed by atoms with E-state index in [9.17, 15) is 4.79 Å². The van der Waals surface area contributed by atoms with Crippen LogP contribution in [-0.4, -0.2) is 11.0 Å². The Balaban J connectivity index is 1.34. The van der Waals surface area contributed by atoms with Crippen molar-refractivity contribution < 1.29 is 13.6 Å². The summed E-state index contributed by atoms with van der Waals surface area (Å²) < 4.78 is 12.5. The minimum Gasteiger partial charge on any atom is -0.459 e. The van der Waals surface area contributed by atoms with Crippen LogP contribution in [0.25, 0.3) is 22.6 Å². The zero-order valence-corrected chi connectivity index (χ0v) is 20.2. The highest BCUT2D eigenvalue weighted by Crippen LogP contribution is 2.34. The van der Waals surface area contributed by atoms with Crippen molar-refractivity contribution in [2.75, 3.05) is 0 Å². The fourth-order valence-corrected chi connectivity index (χ4v) is 3.74. The average molecular weight is 550 g/mol. The van der Waals surface area contributed by atoms with Crippen LogP contribution in [0.4, 0.5) is 0 Å². The number of carbonyl (C=O) groups is 1. The van der Waals surface area contributed by atoms with Crippen LogP contribution in [0.15, 0.2) is 80.0 Å². The number of hydrogen-bond acceptors (Lipinski definition) is 4. The van der Waals surface area contributed by atoms with Crippen LogP contribution in [0, 0.1) is 0 Å². The van der Waals surface area contributed by atoms with Gasteiger partial charge >= 0.3 is 0 Å². The number of thiocarbonyl (C=S) groups is 1. The third-order valence-corrected chi connectivity index (χ3v) is 6.08. The van der Waals surface area contributed by atoms with E-state index in [1.807, 2.05) is 36.4 Å². The first-order chi connectivity index (χ1) is 15.4. The van der Waals surface area contributed by atoms with Crippen LogP contribution < -0.4 is 10.6 Å². The molecule has 2 N–H and O–H groups in total. The van der Waals surface area contributed by atoms with Crippen LogP contribution in [0.1, 0.15) is 16.3 Å². The van der Waals surface area contributed by atoms with Gasteiger partial charge in [-0.25, -0.2) is 0 Å². The Labute approximate surface area is 207 Å². The smallest absolute Gasteiger partial charge is 0.293 e. The molecule has 2 aromatic heterocycles. The van der Waals surface area contributed by atoms with Crippen molar-refractivity contribution in [3.8, 4) is 22.6 Å². The summed E-state index contributed by atoms with van der Waals surface area (Å²) in [6.07, 6.45) is 0. The summed E-state index contributed by atoms with van der Waals surface area (Å²) in [5.74, 6) is 1.46. The van der Waals surface area contributed by atoms with Gasteiger partial charge in [0.15, 0.2) is 10.9 Å². The normalized spacial score (nSPS) is 10.7. The van der Waals surface area contributed by atoms with Crippen LogP contribution >= 0.6 is 51.3 Å². The lowest BCUT2D eigenvalue weighted by molar-refractivity contribution is 0.0950. The molecule has 9 heteroatoms. The zero-order valence-electron chi connectivity index (χ0n) is 16.3. The summed E-state index contributed by atoms with van der Waals surface area (Å²) in [4.78, 5) is 12.5. The molecule has 5 nitrogen and oxygen atoms in total. The first-order valence-electron chi connectivity index (χ1n) is 9.39. The van der Waals surface area contributed by atoms with Gasteiger partial charge in [-0.2, -0.15) is 0 Å². The molecule has 4 rings (SSSR count). The summed E-state index contributed by atoms with van der Waals surface area (Å²) in [6.45, 7) is 0.317. The van der Waals surface area contributed by atoms with Gasteiger partial charge in [-0.05, 0) is 60.7 Å². The SMILES string of the molecule is O=C(NC(=S)NCc1ccc(-c2ccc(Br)cc2)o1)c1ccc(-c2cccc(Cl)c2Cl)o1. The maximum Gasteiger partial charge on any atom is 0.293 e. The predicted octanol–water partition coefficient (Wildman–Crippen LogP) is 7.08. The molecule has 162 valence electrons. The largest absolute Gasteiger partial charge is 0.459 e. The number of benzene rings is 2. The molecule has 2 heterocycles. The molecule has 32 heavy (non-hydrogen) atoms. The lowest BCUT2D eigenvalue weighted by Gasteiger charge is -2.07. The summed E-state index contributed by atoms with van der Waals surface area (Å²) in [6, 6.07) is 19.9. The summed E-state index contributed by atoms with van der Waals surface area (Å²) in [7, 11) is 0. The predicted molar refractivity (Wildman–Crippen MR) is 133 cm³/mol. The van der Waals surface area contributed by atoms with Crippen molar-refractivity contribution in [3.05, 3.63) is 92.8 Å². The Bertz CT molecular complexity index is 1280. The van der Waals surface area contributed by atoms with E-state index in [2.05, 4.69) is 26.6 Å². The highest BCUT2D eigenvalue weighted by Gasteiger charge is 2.16. The van der Waals surface area contributed by atoms with Crippen molar-refractivity contribution in [1.82, 2.24) is 10.6 Å². The third kappa shape index (κ3) is 5.24. The quantitative estimate of drug-likeness (QED) is 0.260. The molecule has 0 bridgehead atoms. The highest BCUT2D eigenvalue weighted by atomic mass is 79.9. The number of amides is 1. The first-order valence-corrected chi connectivity index (χ1v) is 11.3. The molecule has 0 radical (unpaired) electrons. The van der Waals surface area contributed by atoms with E-state index in [1.54, 1.807) is 30.3 Å². The Morgan fingerprint density at radius 1 is 0.938 bits per heavy atom. The maximum atomic E-state index is 12.5. The van der Waals surface area contributed by atoms with Crippen LogP contribution in [-0.2, 0) is 6.54 Å². The fraction of sp³-hybridized carbons (Fsp3) is 0.0435. The fourth-order valence-electron chi connectivity index (χ4n) is 2.92. The topological polar surface area (TPSA) is 67.4 Å². The van der Waals surface area contributed by atoms with E-state index in [-0.39, 0.29) is 10.9 Å². The zero-order chi connectivity index (χ0) is 22.7. The molecular weight excluding hydrogens is 535 g/mol. The molecule has 0 fully saturated rings. The molecule has 0 spiro atoms. The second kappa shape index (κ2) is 9.92. The van der Waals surface area contributed by atoms with Gasteiger partial charge in [0, 0.05) is 15.6 Å². The molecule has 0 aliphatic carbocycles. The van der Waals surface area contributed by atoms with Crippen molar-refractivity contribution >= 4 is 62.4 Å². The van der Waals surface area contributed by atoms with Gasteiger partial charge in [0.05, 0.1) is 16.6 Å². The Morgan fingerprint density at radius 3 is 2.47 bits per heavy atom. The van der Waals surface area contributed by atoms with Crippen LogP contribution in [0.3, 0.4) is 0 Å². The molecule has 2 aromatic carbocycles. The van der Waals surface area contributed by atoms with E-state index in [1.165, 1.54) is 0 Å². The van der Waals surface area contributed by atoms with E-state index in [4.69, 9.17) is 44.3 Å². The number of hydrogen-bond donors (Lipinski definition) is 2. The molecule has 4 aromatic rings. The Hall–Kier alpha value is -2.58. The number of nitrogens with one attached hydrogen (secondary N) is 2. The van der Waals surface area contributed by atoms with Gasteiger partial charge in [-0.3, -0.25) is 10.1 Å². The van der Waals surface area contributed by atoms with Crippen LogP contribution in [0.2, 0.25) is 10.0 Å². The van der Waals surface area contributed by atoms with Crippen LogP contribution in [0.5, 0.6) is 0 Å². The van der Waals surface area contributed by atoms with Gasteiger partial charge in [-0.15, -0.1) is 0 Å². The molecule has 0 saturated heterocycles. The molecule has 1 amide bonds. The molecule has 0 unspecified atom stereocenters. The first kappa shape index (κ1) is 22.6. The van der Waals surface area contributed by atoms with E-state index in [0.29, 0.717) is 33.7 Å². The summed E-state index contributed by atoms with van der Waals surface area (Å²) in [5.41, 5.74) is 1.56. The van der Waals surface area contributed by atoms with E-state index >= 15 is 0 Å². The van der Waals surface area contributed by atoms with E-state index in [0.717, 1.165) is 15.8 Å². The number of rotatable bonds is 5. The van der Waals surface area contributed by atoms with Crippen molar-refractivity contribution in [2.24, 2.45) is 0 Å². The molecule has 0 aliphatic heterocycles. The molecule has 0 saturated carbocycles. The highest BCUT2D eigenvalue weighted by molar-refractivity contribution is 9.10. The summed E-state index contributed by atoms with van der Waals surface area (Å²) >= 11 is 20.9. The molecular formula is C23H15BrCl2N2O3S. The average Bonchev–Trinajstić information content (AvgIpc) is 3.45. The molecule has 0 atom stereocenters. The van der Waals surface area contributed by atoms with E-state index < -0.39 is 5.91 Å². The van der Waals surface area contributed by atoms with Crippen molar-refractivity contribution in [2.45, 2.75) is 6.54 Å². The van der Waals surface area contributed by atoms with Crippen molar-refractivity contribution in [3.63, 3.8) is 0 Å². The minimum absolute atomic E-state index is 0.0933. The van der Waals surface area contributed by atoms with Gasteiger partial charge in [0.1, 0.15) is 17.3 Å². The number of furan rings is 2. The lowest BCUT2D eigenvalue weighted by Crippen LogP contribution is -2.38. The third-order valence-electron chi connectivity index (χ3n) is 4.49. The second-order valence-electron chi connectivity index (χ2n) is 6.67. The monoisotopic (exact) mass is 548 g/mol. The number of carbonyl (C=O) groups excluding carboxylic acids is 1. The maximum absolute atomic E-state index is 12.5. The standard InChI is InChI=1S/C23H15BrCl2N2O3S/c24-14-6-4-13(5-7-14)18-9-8-15(30-18)12-27-23(32)28-22(29)20-11-10-19(31-20)16-2-1-3-17(25)21(16)26/h1-11H,12H2,(H2,27,28,29,32). The Morgan fingerprint density at radius 2 is 1.69 bits per heavy atom. The van der Waals surface area contributed by atoms with Crippen molar-refractivity contribution in [1.29, 1.82) is 0 Å². The second-order valence-corrected chi connectivity index (χ2v) is 8.78. The Kier molecular flexibility index (Phi) is 7.01. The van der Waals surface area contributed by atoms with Gasteiger partial charge in [-0.1, -0.05) is 57.3 Å². The van der Waals surface area contributed by atoms with Gasteiger partial charge in [0.2, 0.25) is 0 Å².